The van der Waals surface area contributed by atoms with Crippen molar-refractivity contribution in [1.29, 1.82) is 0 Å². The first-order valence-corrected chi connectivity index (χ1v) is 7.16. The van der Waals surface area contributed by atoms with Crippen LogP contribution in [0.25, 0.3) is 0 Å². The lowest BCUT2D eigenvalue weighted by molar-refractivity contribution is -0.119. The van der Waals surface area contributed by atoms with Gasteiger partial charge in [0, 0.05) is 18.7 Å². The number of piperidine rings is 1. The molecule has 0 atom stereocenters. The third kappa shape index (κ3) is 2.74. The maximum Gasteiger partial charge on any atom is 0.226 e. The monoisotopic (exact) mass is 245 g/mol. The Kier molecular flexibility index (Phi) is 4.40. The summed E-state index contributed by atoms with van der Waals surface area (Å²) in [5, 5.41) is 0. The molecule has 0 aliphatic carbocycles. The molecule has 0 spiro atoms. The van der Waals surface area contributed by atoms with Crippen molar-refractivity contribution in [1.82, 2.24) is 0 Å². The van der Waals surface area contributed by atoms with E-state index in [1.54, 1.807) is 0 Å². The zero-order valence-electron chi connectivity index (χ0n) is 11.5. The molecule has 1 heterocycles. The van der Waals surface area contributed by atoms with Crippen LogP contribution in [0.3, 0.4) is 0 Å². The van der Waals surface area contributed by atoms with Gasteiger partial charge in [-0.25, -0.2) is 0 Å². The highest BCUT2D eigenvalue weighted by molar-refractivity contribution is 5.93. The Morgan fingerprint density at radius 1 is 1.11 bits per heavy atom. The Labute approximate surface area is 110 Å². The molecule has 1 aromatic rings. The molecule has 1 fully saturated rings. The van der Waals surface area contributed by atoms with E-state index in [2.05, 4.69) is 38.1 Å². The van der Waals surface area contributed by atoms with E-state index in [4.69, 9.17) is 0 Å². The first-order chi connectivity index (χ1) is 8.76. The molecule has 1 aliphatic rings. The first kappa shape index (κ1) is 13.1. The van der Waals surface area contributed by atoms with Gasteiger partial charge in [0.2, 0.25) is 5.91 Å². The summed E-state index contributed by atoms with van der Waals surface area (Å²) < 4.78 is 0. The Hall–Kier alpha value is -1.31. The van der Waals surface area contributed by atoms with E-state index >= 15 is 0 Å². The van der Waals surface area contributed by atoms with Crippen molar-refractivity contribution in [2.24, 2.45) is 0 Å². The second-order valence-electron chi connectivity index (χ2n) is 5.11. The highest BCUT2D eigenvalue weighted by atomic mass is 16.2. The molecule has 0 bridgehead atoms. The second kappa shape index (κ2) is 6.03. The molecule has 2 heteroatoms. The number of nitrogens with zero attached hydrogens (tertiary/aromatic N) is 1. The van der Waals surface area contributed by atoms with Gasteiger partial charge in [-0.1, -0.05) is 26.0 Å². The van der Waals surface area contributed by atoms with Crippen molar-refractivity contribution in [2.75, 3.05) is 11.4 Å². The van der Waals surface area contributed by atoms with E-state index in [9.17, 15) is 4.79 Å². The summed E-state index contributed by atoms with van der Waals surface area (Å²) in [4.78, 5) is 13.8. The lowest BCUT2D eigenvalue weighted by Gasteiger charge is -2.27. The fourth-order valence-corrected chi connectivity index (χ4v) is 2.77. The Bertz CT molecular complexity index is 392. The van der Waals surface area contributed by atoms with E-state index < -0.39 is 0 Å². The van der Waals surface area contributed by atoms with Crippen molar-refractivity contribution in [2.45, 2.75) is 51.9 Å². The zero-order chi connectivity index (χ0) is 13.0. The summed E-state index contributed by atoms with van der Waals surface area (Å²) in [6.45, 7) is 5.34. The molecule has 1 aliphatic heterocycles. The minimum Gasteiger partial charge on any atom is -0.312 e. The number of carbonyl (C=O) groups excluding carboxylic acids is 1. The van der Waals surface area contributed by atoms with Gasteiger partial charge in [0.1, 0.15) is 0 Å². The number of amides is 1. The van der Waals surface area contributed by atoms with Crippen LogP contribution in [0.4, 0.5) is 5.69 Å². The average Bonchev–Trinajstić information content (AvgIpc) is 2.42. The molecular weight excluding hydrogens is 222 g/mol. The number of carbonyl (C=O) groups is 1. The summed E-state index contributed by atoms with van der Waals surface area (Å²) in [5.74, 6) is 0.924. The molecule has 1 amide bonds. The Balaban J connectivity index is 2.13. The summed E-state index contributed by atoms with van der Waals surface area (Å²) in [5.41, 5.74) is 2.46. The van der Waals surface area contributed by atoms with E-state index in [0.29, 0.717) is 12.3 Å². The smallest absolute Gasteiger partial charge is 0.226 e. The van der Waals surface area contributed by atoms with Crippen LogP contribution in [-0.2, 0) is 4.79 Å². The van der Waals surface area contributed by atoms with Crippen molar-refractivity contribution in [3.05, 3.63) is 29.8 Å². The molecule has 1 saturated heterocycles. The lowest BCUT2D eigenvalue weighted by atomic mass is 9.94. The minimum atomic E-state index is 0.275. The van der Waals surface area contributed by atoms with Gasteiger partial charge in [-0.05, 0) is 49.3 Å². The number of rotatable bonds is 4. The van der Waals surface area contributed by atoms with Crippen molar-refractivity contribution >= 4 is 11.6 Å². The summed E-state index contributed by atoms with van der Waals surface area (Å²) in [6.07, 6.45) is 5.23. The van der Waals surface area contributed by atoms with Gasteiger partial charge in [-0.2, -0.15) is 0 Å². The molecule has 0 radical (unpaired) electrons. The second-order valence-corrected chi connectivity index (χ2v) is 5.11. The largest absolute Gasteiger partial charge is 0.312 e. The first-order valence-electron chi connectivity index (χ1n) is 7.16. The van der Waals surface area contributed by atoms with Crippen molar-refractivity contribution in [3.8, 4) is 0 Å². The number of benzene rings is 1. The van der Waals surface area contributed by atoms with Crippen LogP contribution in [0.1, 0.15) is 57.4 Å². The van der Waals surface area contributed by atoms with Gasteiger partial charge in [-0.15, -0.1) is 0 Å². The van der Waals surface area contributed by atoms with Gasteiger partial charge < -0.3 is 4.90 Å². The molecule has 0 unspecified atom stereocenters. The lowest BCUT2D eigenvalue weighted by Crippen LogP contribution is -2.35. The third-order valence-electron chi connectivity index (χ3n) is 3.99. The molecule has 98 valence electrons. The standard InChI is InChI=1S/C16H23NO/c1-3-13(4-2)14-8-10-15(11-9-14)17-12-6-5-7-16(17)18/h8-11,13H,3-7,12H2,1-2H3. The quantitative estimate of drug-likeness (QED) is 0.781. The van der Waals surface area contributed by atoms with Crippen LogP contribution in [0.2, 0.25) is 0 Å². The number of hydrogen-bond acceptors (Lipinski definition) is 1. The molecule has 0 saturated carbocycles. The van der Waals surface area contributed by atoms with Crippen LogP contribution in [0.15, 0.2) is 24.3 Å². The highest BCUT2D eigenvalue weighted by Crippen LogP contribution is 2.26. The number of anilines is 1. The molecule has 0 N–H and O–H groups in total. The predicted molar refractivity (Wildman–Crippen MR) is 76.0 cm³/mol. The van der Waals surface area contributed by atoms with E-state index in [1.807, 2.05) is 4.90 Å². The van der Waals surface area contributed by atoms with E-state index in [1.165, 1.54) is 18.4 Å². The highest BCUT2D eigenvalue weighted by Gasteiger charge is 2.19. The maximum atomic E-state index is 11.9. The predicted octanol–water partition coefficient (Wildman–Crippen LogP) is 4.11. The van der Waals surface area contributed by atoms with E-state index in [-0.39, 0.29) is 5.91 Å². The van der Waals surface area contributed by atoms with Crippen LogP contribution in [-0.4, -0.2) is 12.5 Å². The molecule has 2 nitrogen and oxygen atoms in total. The van der Waals surface area contributed by atoms with E-state index in [0.717, 1.165) is 25.1 Å². The number of hydrogen-bond donors (Lipinski definition) is 0. The molecular formula is C16H23NO. The summed E-state index contributed by atoms with van der Waals surface area (Å²) in [7, 11) is 0. The topological polar surface area (TPSA) is 20.3 Å². The van der Waals surface area contributed by atoms with Gasteiger partial charge in [0.25, 0.3) is 0 Å². The molecule has 1 aromatic carbocycles. The SMILES string of the molecule is CCC(CC)c1ccc(N2CCCCC2=O)cc1. The maximum absolute atomic E-state index is 11.9. The fourth-order valence-electron chi connectivity index (χ4n) is 2.77. The summed E-state index contributed by atoms with van der Waals surface area (Å²) in [6, 6.07) is 8.59. The Morgan fingerprint density at radius 3 is 2.33 bits per heavy atom. The van der Waals surface area contributed by atoms with Crippen LogP contribution in [0, 0.1) is 0 Å². The molecule has 0 aromatic heterocycles. The normalized spacial score (nSPS) is 16.4. The van der Waals surface area contributed by atoms with Crippen LogP contribution < -0.4 is 4.90 Å². The van der Waals surface area contributed by atoms with Gasteiger partial charge in [-0.3, -0.25) is 4.79 Å². The van der Waals surface area contributed by atoms with Crippen LogP contribution in [0.5, 0.6) is 0 Å². The third-order valence-corrected chi connectivity index (χ3v) is 3.99. The zero-order valence-corrected chi connectivity index (χ0v) is 11.5. The average molecular weight is 245 g/mol. The molecule has 2 rings (SSSR count). The molecule has 18 heavy (non-hydrogen) atoms. The van der Waals surface area contributed by atoms with Crippen molar-refractivity contribution < 1.29 is 4.79 Å². The van der Waals surface area contributed by atoms with Gasteiger partial charge in [0.15, 0.2) is 0 Å². The fraction of sp³-hybridized carbons (Fsp3) is 0.562. The summed E-state index contributed by atoms with van der Waals surface area (Å²) >= 11 is 0. The van der Waals surface area contributed by atoms with Crippen LogP contribution >= 0.6 is 0 Å². The van der Waals surface area contributed by atoms with Crippen molar-refractivity contribution in [3.63, 3.8) is 0 Å². The Morgan fingerprint density at radius 2 is 1.78 bits per heavy atom. The van der Waals surface area contributed by atoms with Gasteiger partial charge in [0.05, 0.1) is 0 Å². The minimum absolute atomic E-state index is 0.275. The van der Waals surface area contributed by atoms with Gasteiger partial charge >= 0.3 is 0 Å².